The number of hydrogen-bond donors (Lipinski definition) is 3. The third-order valence-electron chi connectivity index (χ3n) is 3.63. The van der Waals surface area contributed by atoms with Gasteiger partial charge < -0.3 is 25.8 Å². The molecule has 1 fully saturated rings. The molecule has 0 radical (unpaired) electrons. The van der Waals surface area contributed by atoms with E-state index in [1.165, 1.54) is 12.1 Å². The highest BCUT2D eigenvalue weighted by atomic mass is 35.5. The van der Waals surface area contributed by atoms with Crippen molar-refractivity contribution in [1.29, 1.82) is 0 Å². The van der Waals surface area contributed by atoms with Crippen molar-refractivity contribution in [1.82, 2.24) is 10.6 Å². The number of amides is 3. The lowest BCUT2D eigenvalue weighted by Gasteiger charge is -2.24. The molecule has 1 aliphatic carbocycles. The van der Waals surface area contributed by atoms with Gasteiger partial charge in [0, 0.05) is 6.04 Å². The standard InChI is InChI=1S/C18H24ClN3O5/c1-18(2,3)27-17(25)22-14(9-26-16(24)21-11-5-6-11)10-4-7-13(19)12(8-10)15(20)23/h4,7-8,11,14H,5-6,9H2,1-3H3,(H2,20,23)(H,21,24)(H,22,25). The minimum absolute atomic E-state index is 0.104. The summed E-state index contributed by atoms with van der Waals surface area (Å²) >= 11 is 5.97. The quantitative estimate of drug-likeness (QED) is 0.681. The van der Waals surface area contributed by atoms with E-state index < -0.39 is 29.7 Å². The van der Waals surface area contributed by atoms with E-state index in [0.29, 0.717) is 5.56 Å². The first-order valence-electron chi connectivity index (χ1n) is 8.57. The second-order valence-corrected chi connectivity index (χ2v) is 7.73. The summed E-state index contributed by atoms with van der Waals surface area (Å²) < 4.78 is 10.5. The van der Waals surface area contributed by atoms with Crippen LogP contribution in [-0.2, 0) is 9.47 Å². The molecule has 1 aliphatic rings. The first kappa shape index (κ1) is 20.8. The topological polar surface area (TPSA) is 120 Å². The number of halogens is 1. The third-order valence-corrected chi connectivity index (χ3v) is 3.96. The van der Waals surface area contributed by atoms with Gasteiger partial charge in [-0.2, -0.15) is 0 Å². The Kier molecular flexibility index (Phi) is 6.54. The first-order chi connectivity index (χ1) is 12.5. The van der Waals surface area contributed by atoms with Crippen LogP contribution in [0.4, 0.5) is 9.59 Å². The number of rotatable bonds is 6. The molecule has 0 saturated heterocycles. The summed E-state index contributed by atoms with van der Waals surface area (Å²) in [6.07, 6.45) is 0.591. The Morgan fingerprint density at radius 1 is 1.26 bits per heavy atom. The molecule has 1 unspecified atom stereocenters. The Balaban J connectivity index is 2.14. The number of benzene rings is 1. The summed E-state index contributed by atoms with van der Waals surface area (Å²) in [7, 11) is 0. The minimum atomic E-state index is -0.750. The third kappa shape index (κ3) is 6.97. The highest BCUT2D eigenvalue weighted by molar-refractivity contribution is 6.33. The Bertz CT molecular complexity index is 728. The molecule has 0 aromatic heterocycles. The van der Waals surface area contributed by atoms with Gasteiger partial charge >= 0.3 is 12.2 Å². The summed E-state index contributed by atoms with van der Waals surface area (Å²) in [6, 6.07) is 3.95. The molecular formula is C18H24ClN3O5. The summed E-state index contributed by atoms with van der Waals surface area (Å²) in [5.41, 5.74) is 5.23. The molecule has 1 atom stereocenters. The predicted molar refractivity (Wildman–Crippen MR) is 99.6 cm³/mol. The molecule has 1 aromatic carbocycles. The van der Waals surface area contributed by atoms with Crippen molar-refractivity contribution in [3.05, 3.63) is 34.3 Å². The fourth-order valence-corrected chi connectivity index (χ4v) is 2.43. The van der Waals surface area contributed by atoms with E-state index in [0.717, 1.165) is 12.8 Å². The van der Waals surface area contributed by atoms with Gasteiger partial charge in [0.1, 0.15) is 12.2 Å². The zero-order chi connectivity index (χ0) is 20.2. The fraction of sp³-hybridized carbons (Fsp3) is 0.500. The lowest BCUT2D eigenvalue weighted by atomic mass is 10.0. The van der Waals surface area contributed by atoms with E-state index in [2.05, 4.69) is 10.6 Å². The second-order valence-electron chi connectivity index (χ2n) is 7.32. The molecule has 8 nitrogen and oxygen atoms in total. The molecule has 3 amide bonds. The lowest BCUT2D eigenvalue weighted by molar-refractivity contribution is 0.0470. The van der Waals surface area contributed by atoms with Gasteiger partial charge in [0.15, 0.2) is 0 Å². The van der Waals surface area contributed by atoms with Crippen LogP contribution in [0.1, 0.15) is 55.6 Å². The van der Waals surface area contributed by atoms with Crippen molar-refractivity contribution >= 4 is 29.7 Å². The van der Waals surface area contributed by atoms with Crippen LogP contribution >= 0.6 is 11.6 Å². The van der Waals surface area contributed by atoms with Gasteiger partial charge in [0.25, 0.3) is 0 Å². The number of ether oxygens (including phenoxy) is 2. The van der Waals surface area contributed by atoms with Crippen LogP contribution in [0.2, 0.25) is 5.02 Å². The van der Waals surface area contributed by atoms with Crippen LogP contribution in [0.5, 0.6) is 0 Å². The van der Waals surface area contributed by atoms with Gasteiger partial charge in [-0.3, -0.25) is 4.79 Å². The van der Waals surface area contributed by atoms with Gasteiger partial charge in [0.2, 0.25) is 5.91 Å². The van der Waals surface area contributed by atoms with E-state index in [-0.39, 0.29) is 23.2 Å². The normalized spacial score (nSPS) is 14.8. The summed E-state index contributed by atoms with van der Waals surface area (Å²) in [5.74, 6) is -0.703. The van der Waals surface area contributed by atoms with Crippen LogP contribution in [0.25, 0.3) is 0 Å². The van der Waals surface area contributed by atoms with E-state index >= 15 is 0 Å². The minimum Gasteiger partial charge on any atom is -0.447 e. The highest BCUT2D eigenvalue weighted by Gasteiger charge is 2.26. The first-order valence-corrected chi connectivity index (χ1v) is 8.95. The van der Waals surface area contributed by atoms with Crippen molar-refractivity contribution < 1.29 is 23.9 Å². The SMILES string of the molecule is CC(C)(C)OC(=O)NC(COC(=O)NC1CC1)c1ccc(Cl)c(C(N)=O)c1. The van der Waals surface area contributed by atoms with Gasteiger partial charge in [-0.15, -0.1) is 0 Å². The fourth-order valence-electron chi connectivity index (χ4n) is 2.21. The number of hydrogen-bond acceptors (Lipinski definition) is 5. The zero-order valence-corrected chi connectivity index (χ0v) is 16.3. The van der Waals surface area contributed by atoms with E-state index in [1.54, 1.807) is 26.8 Å². The lowest BCUT2D eigenvalue weighted by Crippen LogP contribution is -2.38. The number of alkyl carbamates (subject to hydrolysis) is 2. The van der Waals surface area contributed by atoms with Crippen LogP contribution < -0.4 is 16.4 Å². The smallest absolute Gasteiger partial charge is 0.408 e. The van der Waals surface area contributed by atoms with Crippen LogP contribution in [0.3, 0.4) is 0 Å². The Morgan fingerprint density at radius 2 is 1.93 bits per heavy atom. The maximum Gasteiger partial charge on any atom is 0.408 e. The molecule has 4 N–H and O–H groups in total. The molecule has 0 spiro atoms. The zero-order valence-electron chi connectivity index (χ0n) is 15.5. The molecule has 27 heavy (non-hydrogen) atoms. The van der Waals surface area contributed by atoms with Gasteiger partial charge in [-0.05, 0) is 51.3 Å². The molecule has 0 aliphatic heterocycles. The van der Waals surface area contributed by atoms with Crippen LogP contribution in [0, 0.1) is 0 Å². The van der Waals surface area contributed by atoms with Crippen LogP contribution in [-0.4, -0.2) is 36.3 Å². The largest absolute Gasteiger partial charge is 0.447 e. The molecular weight excluding hydrogens is 374 g/mol. The Labute approximate surface area is 162 Å². The average molecular weight is 398 g/mol. The van der Waals surface area contributed by atoms with Crippen molar-refractivity contribution in [3.8, 4) is 0 Å². The van der Waals surface area contributed by atoms with Gasteiger partial charge in [-0.1, -0.05) is 17.7 Å². The molecule has 2 rings (SSSR count). The molecule has 0 bridgehead atoms. The summed E-state index contributed by atoms with van der Waals surface area (Å²) in [5, 5.41) is 5.52. The Morgan fingerprint density at radius 3 is 2.48 bits per heavy atom. The number of nitrogens with one attached hydrogen (secondary N) is 2. The molecule has 1 aromatic rings. The monoisotopic (exact) mass is 397 g/mol. The molecule has 148 valence electrons. The van der Waals surface area contributed by atoms with E-state index in [9.17, 15) is 14.4 Å². The Hall–Kier alpha value is -2.48. The second kappa shape index (κ2) is 8.47. The van der Waals surface area contributed by atoms with E-state index in [4.69, 9.17) is 26.8 Å². The highest BCUT2D eigenvalue weighted by Crippen LogP contribution is 2.23. The maximum absolute atomic E-state index is 12.2. The predicted octanol–water partition coefficient (Wildman–Crippen LogP) is 2.89. The summed E-state index contributed by atoms with van der Waals surface area (Å²) in [6.45, 7) is 5.04. The van der Waals surface area contributed by atoms with Gasteiger partial charge in [-0.25, -0.2) is 9.59 Å². The molecule has 0 heterocycles. The number of carbonyl (C=O) groups excluding carboxylic acids is 3. The van der Waals surface area contributed by atoms with Crippen molar-refractivity contribution in [2.24, 2.45) is 5.73 Å². The average Bonchev–Trinajstić information content (AvgIpc) is 3.33. The number of primary amides is 1. The van der Waals surface area contributed by atoms with Crippen molar-refractivity contribution in [2.45, 2.75) is 51.3 Å². The van der Waals surface area contributed by atoms with E-state index in [1.807, 2.05) is 0 Å². The number of carbonyl (C=O) groups is 3. The van der Waals surface area contributed by atoms with Crippen LogP contribution in [0.15, 0.2) is 18.2 Å². The van der Waals surface area contributed by atoms with Crippen molar-refractivity contribution in [3.63, 3.8) is 0 Å². The molecule has 1 saturated carbocycles. The maximum atomic E-state index is 12.2. The van der Waals surface area contributed by atoms with Gasteiger partial charge in [0.05, 0.1) is 16.6 Å². The number of nitrogens with two attached hydrogens (primary N) is 1. The van der Waals surface area contributed by atoms with Crippen molar-refractivity contribution in [2.75, 3.05) is 6.61 Å². The summed E-state index contributed by atoms with van der Waals surface area (Å²) in [4.78, 5) is 35.5. The molecule has 9 heteroatoms.